The van der Waals surface area contributed by atoms with Crippen molar-refractivity contribution < 1.29 is 19.1 Å². The van der Waals surface area contributed by atoms with Gasteiger partial charge in [-0.25, -0.2) is 4.39 Å². The number of halogens is 1. The smallest absolute Gasteiger partial charge is 0.255 e. The van der Waals surface area contributed by atoms with Crippen molar-refractivity contribution in [2.45, 2.75) is 18.0 Å². The minimum atomic E-state index is -0.331. The van der Waals surface area contributed by atoms with Gasteiger partial charge in [0.1, 0.15) is 12.4 Å². The molecule has 3 atom stereocenters. The molecule has 5 rings (SSSR count). The second-order valence-electron chi connectivity index (χ2n) is 8.17. The van der Waals surface area contributed by atoms with Crippen molar-refractivity contribution in [3.05, 3.63) is 90.0 Å². The van der Waals surface area contributed by atoms with Crippen molar-refractivity contribution in [3.8, 4) is 11.1 Å². The zero-order chi connectivity index (χ0) is 22.2. The summed E-state index contributed by atoms with van der Waals surface area (Å²) in [7, 11) is 0. The molecular formula is C25H22FN3O3. The van der Waals surface area contributed by atoms with Crippen LogP contribution in [0.3, 0.4) is 0 Å². The number of aliphatic hydroxyl groups excluding tert-OH is 1. The molecule has 2 aliphatic rings. The third kappa shape index (κ3) is 3.35. The fourth-order valence-electron chi connectivity index (χ4n) is 4.91. The molecule has 0 bridgehead atoms. The van der Waals surface area contributed by atoms with E-state index in [1.807, 2.05) is 24.3 Å². The number of rotatable bonds is 4. The lowest BCUT2D eigenvalue weighted by atomic mass is 9.73. The molecule has 0 unspecified atom stereocenters. The highest BCUT2D eigenvalue weighted by Crippen LogP contribution is 2.43. The van der Waals surface area contributed by atoms with Gasteiger partial charge in [-0.05, 0) is 29.3 Å². The van der Waals surface area contributed by atoms with Crippen molar-refractivity contribution in [2.75, 3.05) is 19.7 Å². The van der Waals surface area contributed by atoms with E-state index in [1.54, 1.807) is 46.3 Å². The van der Waals surface area contributed by atoms with Gasteiger partial charge < -0.3 is 14.9 Å². The van der Waals surface area contributed by atoms with Gasteiger partial charge in [-0.2, -0.15) is 0 Å². The molecule has 1 aromatic heterocycles. The van der Waals surface area contributed by atoms with Crippen LogP contribution in [0.5, 0.6) is 0 Å². The van der Waals surface area contributed by atoms with Crippen LogP contribution < -0.4 is 0 Å². The van der Waals surface area contributed by atoms with Gasteiger partial charge in [0.05, 0.1) is 24.3 Å². The maximum atomic E-state index is 14.1. The van der Waals surface area contributed by atoms with Crippen LogP contribution in [0.15, 0.2) is 73.1 Å². The zero-order valence-corrected chi connectivity index (χ0v) is 17.3. The van der Waals surface area contributed by atoms with Crippen LogP contribution in [0.1, 0.15) is 21.8 Å². The molecule has 1 N–H and O–H groups in total. The Balaban J connectivity index is 1.40. The third-order valence-corrected chi connectivity index (χ3v) is 6.43. The van der Waals surface area contributed by atoms with Gasteiger partial charge in [-0.3, -0.25) is 14.6 Å². The summed E-state index contributed by atoms with van der Waals surface area (Å²) in [6.45, 7) is 0.216. The number of nitrogens with zero attached hydrogens (tertiary/aromatic N) is 3. The first kappa shape index (κ1) is 20.3. The Bertz CT molecular complexity index is 1150. The second-order valence-corrected chi connectivity index (χ2v) is 8.17. The molecule has 0 aliphatic carbocycles. The van der Waals surface area contributed by atoms with E-state index < -0.39 is 0 Å². The van der Waals surface area contributed by atoms with Crippen LogP contribution in [-0.2, 0) is 4.79 Å². The van der Waals surface area contributed by atoms with Gasteiger partial charge >= 0.3 is 0 Å². The number of amides is 2. The molecule has 0 spiro atoms. The average Bonchev–Trinajstić information content (AvgIpc) is 2.81. The van der Waals surface area contributed by atoms with E-state index in [0.717, 1.165) is 11.1 Å². The predicted molar refractivity (Wildman–Crippen MR) is 116 cm³/mol. The Morgan fingerprint density at radius 3 is 2.56 bits per heavy atom. The Hall–Kier alpha value is -3.58. The Labute approximate surface area is 184 Å². The molecule has 7 heteroatoms. The van der Waals surface area contributed by atoms with Crippen molar-refractivity contribution in [1.29, 1.82) is 0 Å². The predicted octanol–water partition coefficient (Wildman–Crippen LogP) is 2.70. The summed E-state index contributed by atoms with van der Waals surface area (Å²) in [6.07, 6.45) is 3.09. The van der Waals surface area contributed by atoms with E-state index in [9.17, 15) is 19.1 Å². The molecule has 2 fully saturated rings. The van der Waals surface area contributed by atoms with Gasteiger partial charge in [0.25, 0.3) is 5.91 Å². The molecule has 32 heavy (non-hydrogen) atoms. The van der Waals surface area contributed by atoms with Crippen molar-refractivity contribution in [2.24, 2.45) is 0 Å². The molecule has 2 saturated heterocycles. The highest BCUT2D eigenvalue weighted by Gasteiger charge is 2.54. The summed E-state index contributed by atoms with van der Waals surface area (Å²) < 4.78 is 14.1. The van der Waals surface area contributed by atoms with Gasteiger partial charge in [0.2, 0.25) is 5.91 Å². The molecule has 2 aromatic carbocycles. The minimum Gasteiger partial charge on any atom is -0.394 e. The van der Waals surface area contributed by atoms with Crippen LogP contribution in [-0.4, -0.2) is 63.5 Å². The largest absolute Gasteiger partial charge is 0.394 e. The van der Waals surface area contributed by atoms with Gasteiger partial charge in [-0.1, -0.05) is 42.5 Å². The molecule has 0 radical (unpaired) electrons. The molecule has 3 aromatic rings. The lowest BCUT2D eigenvalue weighted by Crippen LogP contribution is -2.73. The fourth-order valence-corrected chi connectivity index (χ4v) is 4.91. The van der Waals surface area contributed by atoms with Gasteiger partial charge in [0.15, 0.2) is 0 Å². The first-order valence-electron chi connectivity index (χ1n) is 10.5. The van der Waals surface area contributed by atoms with E-state index >= 15 is 0 Å². The number of carbonyl (C=O) groups excluding carboxylic acids is 2. The highest BCUT2D eigenvalue weighted by molar-refractivity contribution is 5.97. The van der Waals surface area contributed by atoms with E-state index in [2.05, 4.69) is 4.98 Å². The Kier molecular flexibility index (Phi) is 5.19. The zero-order valence-electron chi connectivity index (χ0n) is 17.3. The molecular weight excluding hydrogens is 409 g/mol. The first-order valence-corrected chi connectivity index (χ1v) is 10.5. The van der Waals surface area contributed by atoms with Gasteiger partial charge in [-0.15, -0.1) is 0 Å². The quantitative estimate of drug-likeness (QED) is 0.690. The standard InChI is InChI=1S/C25H22FN3O3/c26-20-6-2-1-5-19(20)16-7-9-17(10-8-16)24-21-13-28(14-23(31)29(21)22(24)15-30)25(32)18-4-3-11-27-12-18/h1-12,21-22,24,30H,13-15H2/t21-,22-,24+/m0/s1. The monoisotopic (exact) mass is 431 g/mol. The lowest BCUT2D eigenvalue weighted by Gasteiger charge is -2.58. The van der Waals surface area contributed by atoms with Crippen LogP contribution in [0.4, 0.5) is 4.39 Å². The van der Waals surface area contributed by atoms with E-state index in [-0.39, 0.29) is 48.8 Å². The van der Waals surface area contributed by atoms with Crippen LogP contribution >= 0.6 is 0 Å². The SMILES string of the molecule is O=C(c1cccnc1)N1CC(=O)N2[C@@H](CO)[C@H](c3ccc(-c4ccccc4F)cc3)[C@@H]2C1. The summed E-state index contributed by atoms with van der Waals surface area (Å²) in [5, 5.41) is 9.96. The number of hydrogen-bond donors (Lipinski definition) is 1. The minimum absolute atomic E-state index is 0.0142. The molecule has 2 amide bonds. The fraction of sp³-hybridized carbons (Fsp3) is 0.240. The first-order chi connectivity index (χ1) is 15.6. The van der Waals surface area contributed by atoms with Crippen LogP contribution in [0.2, 0.25) is 0 Å². The average molecular weight is 431 g/mol. The van der Waals surface area contributed by atoms with E-state index in [0.29, 0.717) is 17.7 Å². The lowest BCUT2D eigenvalue weighted by molar-refractivity contribution is -0.159. The number of pyridine rings is 1. The number of aromatic nitrogens is 1. The van der Waals surface area contributed by atoms with E-state index in [1.165, 1.54) is 12.3 Å². The number of fused-ring (bicyclic) bond motifs is 1. The number of carbonyl (C=O) groups is 2. The molecule has 6 nitrogen and oxygen atoms in total. The summed E-state index contributed by atoms with van der Waals surface area (Å²) in [5.41, 5.74) is 2.68. The summed E-state index contributed by atoms with van der Waals surface area (Å²) >= 11 is 0. The molecule has 0 saturated carbocycles. The molecule has 162 valence electrons. The number of aliphatic hydroxyl groups is 1. The Morgan fingerprint density at radius 1 is 1.09 bits per heavy atom. The Morgan fingerprint density at radius 2 is 1.88 bits per heavy atom. The number of hydrogen-bond acceptors (Lipinski definition) is 4. The number of benzene rings is 2. The summed E-state index contributed by atoms with van der Waals surface area (Å²) in [6, 6.07) is 17.0. The van der Waals surface area contributed by atoms with Crippen LogP contribution in [0, 0.1) is 5.82 Å². The van der Waals surface area contributed by atoms with Crippen molar-refractivity contribution in [3.63, 3.8) is 0 Å². The van der Waals surface area contributed by atoms with E-state index in [4.69, 9.17) is 0 Å². The van der Waals surface area contributed by atoms with Crippen molar-refractivity contribution >= 4 is 11.8 Å². The maximum Gasteiger partial charge on any atom is 0.255 e. The second kappa shape index (κ2) is 8.16. The summed E-state index contributed by atoms with van der Waals surface area (Å²) in [4.78, 5) is 32.9. The summed E-state index contributed by atoms with van der Waals surface area (Å²) in [5.74, 6) is -0.794. The normalized spacial score (nSPS) is 22.3. The molecule has 3 heterocycles. The highest BCUT2D eigenvalue weighted by atomic mass is 19.1. The van der Waals surface area contributed by atoms with Crippen molar-refractivity contribution in [1.82, 2.24) is 14.8 Å². The van der Waals surface area contributed by atoms with Crippen LogP contribution in [0.25, 0.3) is 11.1 Å². The maximum absolute atomic E-state index is 14.1. The topological polar surface area (TPSA) is 73.7 Å². The third-order valence-electron chi connectivity index (χ3n) is 6.43. The molecule has 2 aliphatic heterocycles. The van der Waals surface area contributed by atoms with Gasteiger partial charge in [0, 0.05) is 30.4 Å². The number of piperazine rings is 1.